The molecule has 1 aromatic carbocycles. The SMILES string of the molecule is CCCCCCCCCCCCCCCCCCOC[C@H](COP(=O)(O)OC[C@H]1O[C@@](C=NC)(c2ccc3c(N)ncnn23)[C@H](O)[C@@H]1O)Oc1cc(C)c(C#N)cc1F. The van der Waals surface area contributed by atoms with E-state index in [4.69, 9.17) is 29.0 Å². The van der Waals surface area contributed by atoms with Gasteiger partial charge < -0.3 is 35.1 Å². The van der Waals surface area contributed by atoms with Gasteiger partial charge in [0.05, 0.1) is 37.1 Å². The van der Waals surface area contributed by atoms with Crippen molar-refractivity contribution in [3.8, 4) is 11.8 Å². The lowest BCUT2D eigenvalue weighted by Gasteiger charge is -2.27. The number of hydrogen-bond acceptors (Lipinski definition) is 13. The summed E-state index contributed by atoms with van der Waals surface area (Å²) >= 11 is 0. The van der Waals surface area contributed by atoms with Crippen LogP contribution in [0, 0.1) is 24.1 Å². The first-order chi connectivity index (χ1) is 28.5. The molecule has 4 rings (SSSR count). The van der Waals surface area contributed by atoms with Crippen molar-refractivity contribution in [2.24, 2.45) is 4.99 Å². The van der Waals surface area contributed by atoms with Crippen molar-refractivity contribution in [2.75, 3.05) is 39.2 Å². The van der Waals surface area contributed by atoms with Gasteiger partial charge in [-0.05, 0) is 43.2 Å². The first-order valence-corrected chi connectivity index (χ1v) is 22.6. The van der Waals surface area contributed by atoms with Crippen molar-refractivity contribution >= 4 is 25.4 Å². The van der Waals surface area contributed by atoms with Gasteiger partial charge in [-0.15, -0.1) is 0 Å². The third kappa shape index (κ3) is 14.3. The fourth-order valence-electron chi connectivity index (χ4n) is 7.32. The summed E-state index contributed by atoms with van der Waals surface area (Å²) in [4.78, 5) is 18.7. The molecule has 1 saturated heterocycles. The lowest BCUT2D eigenvalue weighted by atomic mass is 9.92. The Morgan fingerprint density at radius 2 is 1.64 bits per heavy atom. The van der Waals surface area contributed by atoms with Gasteiger partial charge in [-0.2, -0.15) is 10.4 Å². The fraction of sp³-hybridized carbons (Fsp3) is 0.667. The van der Waals surface area contributed by atoms with Crippen LogP contribution in [0.3, 0.4) is 0 Å². The second-order valence-corrected chi connectivity index (χ2v) is 16.8. The maximum atomic E-state index is 14.9. The van der Waals surface area contributed by atoms with Crippen molar-refractivity contribution in [1.29, 1.82) is 5.26 Å². The Morgan fingerprint density at radius 1 is 1.02 bits per heavy atom. The van der Waals surface area contributed by atoms with Crippen molar-refractivity contribution in [2.45, 2.75) is 147 Å². The number of anilines is 1. The average Bonchev–Trinajstić information content (AvgIpc) is 3.76. The molecule has 15 nitrogen and oxygen atoms in total. The van der Waals surface area contributed by atoms with Crippen molar-refractivity contribution < 1.29 is 47.3 Å². The number of aryl methyl sites for hydroxylation is 1. The van der Waals surface area contributed by atoms with E-state index in [0.29, 0.717) is 17.7 Å². The van der Waals surface area contributed by atoms with Gasteiger partial charge in [0.2, 0.25) is 0 Å². The minimum Gasteiger partial charge on any atom is -0.482 e. The maximum Gasteiger partial charge on any atom is 0.472 e. The number of phosphoric acid groups is 1. The number of aromatic nitrogens is 3. The normalized spacial score (nSPS) is 20.9. The molecule has 0 amide bonds. The van der Waals surface area contributed by atoms with Crippen molar-refractivity contribution in [3.05, 3.63) is 53.2 Å². The van der Waals surface area contributed by atoms with E-state index in [1.807, 2.05) is 6.07 Å². The van der Waals surface area contributed by atoms with Crippen LogP contribution < -0.4 is 10.5 Å². The molecule has 0 bridgehead atoms. The van der Waals surface area contributed by atoms with Crippen LogP contribution in [0.15, 0.2) is 35.6 Å². The lowest BCUT2D eigenvalue weighted by Crippen LogP contribution is -2.43. The molecule has 17 heteroatoms. The lowest BCUT2D eigenvalue weighted by molar-refractivity contribution is -0.0551. The number of halogens is 1. The minimum absolute atomic E-state index is 0.0912. The standard InChI is InChI=1S/C42H64FN6O9P/c1-4-5-6-7-8-9-10-11-12-13-14-15-16-17-18-19-22-54-26-33(57-36-23-31(2)32(25-44)24-34(36)43)27-55-59(52,53)56-28-37-39(50)40(51)42(58-37,29-46-3)38-21-20-35-41(45)47-30-48-49(35)38/h20-21,23-24,29-30,33,37,39-40,50-51H,4-19,22,26-28H2,1-3H3,(H,52,53)(H2,45,47,48)/t33-,37-,39-,40-,42+/m1/s1. The zero-order valence-electron chi connectivity index (χ0n) is 34.8. The number of ether oxygens (including phenoxy) is 3. The van der Waals surface area contributed by atoms with E-state index >= 15 is 0 Å². The molecule has 59 heavy (non-hydrogen) atoms. The first kappa shape index (κ1) is 48.1. The number of fused-ring (bicyclic) bond motifs is 1. The Labute approximate surface area is 347 Å². The van der Waals surface area contributed by atoms with Gasteiger partial charge in [0.25, 0.3) is 0 Å². The molecule has 0 saturated carbocycles. The zero-order chi connectivity index (χ0) is 42.7. The van der Waals surface area contributed by atoms with E-state index < -0.39 is 56.9 Å². The molecule has 0 aliphatic carbocycles. The number of nitrogens with zero attached hydrogens (tertiary/aromatic N) is 5. The maximum absolute atomic E-state index is 14.9. The topological polar surface area (TPSA) is 216 Å². The van der Waals surface area contributed by atoms with E-state index in [0.717, 1.165) is 25.3 Å². The minimum atomic E-state index is -4.85. The Bertz CT molecular complexity index is 1840. The molecule has 0 radical (unpaired) electrons. The number of nitrogen functional groups attached to an aromatic ring is 1. The van der Waals surface area contributed by atoms with Crippen molar-refractivity contribution in [3.63, 3.8) is 0 Å². The highest BCUT2D eigenvalue weighted by atomic mass is 31.2. The van der Waals surface area contributed by atoms with Gasteiger partial charge in [-0.3, -0.25) is 14.0 Å². The summed E-state index contributed by atoms with van der Waals surface area (Å²) in [6.07, 6.45) is 16.9. The number of aliphatic imine (C=N–C) groups is 1. The molecule has 2 aromatic heterocycles. The molecule has 1 fully saturated rings. The van der Waals surface area contributed by atoms with Crippen LogP contribution in [-0.2, 0) is 28.7 Å². The van der Waals surface area contributed by atoms with Crippen LogP contribution in [0.5, 0.6) is 5.75 Å². The average molecular weight is 847 g/mol. The third-order valence-corrected chi connectivity index (χ3v) is 11.6. The molecule has 3 heterocycles. The smallest absolute Gasteiger partial charge is 0.472 e. The van der Waals surface area contributed by atoms with Crippen LogP contribution in [0.1, 0.15) is 126 Å². The van der Waals surface area contributed by atoms with Gasteiger partial charge in [0.1, 0.15) is 36.3 Å². The molecule has 6 atom stereocenters. The van der Waals surface area contributed by atoms with Gasteiger partial charge >= 0.3 is 7.82 Å². The molecular formula is C42H64FN6O9P. The van der Waals surface area contributed by atoms with Crippen LogP contribution in [0.4, 0.5) is 10.2 Å². The Hall–Kier alpha value is -3.52. The molecule has 5 N–H and O–H groups in total. The van der Waals surface area contributed by atoms with Crippen LogP contribution >= 0.6 is 7.82 Å². The highest BCUT2D eigenvalue weighted by Crippen LogP contribution is 2.46. The number of nitrogens with two attached hydrogens (primary N) is 1. The van der Waals surface area contributed by atoms with Gasteiger partial charge in [0.15, 0.2) is 23.0 Å². The Balaban J connectivity index is 1.24. The Morgan fingerprint density at radius 3 is 2.25 bits per heavy atom. The van der Waals surface area contributed by atoms with E-state index in [-0.39, 0.29) is 29.4 Å². The fourth-order valence-corrected chi connectivity index (χ4v) is 8.08. The molecular weight excluding hydrogens is 782 g/mol. The van der Waals surface area contributed by atoms with Crippen LogP contribution in [0.2, 0.25) is 0 Å². The van der Waals surface area contributed by atoms with Gasteiger partial charge in [-0.25, -0.2) is 18.5 Å². The predicted octanol–water partition coefficient (Wildman–Crippen LogP) is 7.51. The van der Waals surface area contributed by atoms with E-state index in [1.165, 1.54) is 114 Å². The summed E-state index contributed by atoms with van der Waals surface area (Å²) in [6, 6.07) is 7.56. The highest BCUT2D eigenvalue weighted by molar-refractivity contribution is 7.47. The van der Waals surface area contributed by atoms with Gasteiger partial charge in [-0.1, -0.05) is 103 Å². The monoisotopic (exact) mass is 846 g/mol. The number of benzene rings is 1. The first-order valence-electron chi connectivity index (χ1n) is 21.1. The second-order valence-electron chi connectivity index (χ2n) is 15.3. The molecule has 1 unspecified atom stereocenters. The molecule has 1 aliphatic rings. The Kier molecular flexibility index (Phi) is 20.1. The highest BCUT2D eigenvalue weighted by Gasteiger charge is 2.56. The van der Waals surface area contributed by atoms with E-state index in [9.17, 15) is 29.3 Å². The predicted molar refractivity (Wildman–Crippen MR) is 223 cm³/mol. The van der Waals surface area contributed by atoms with Crippen LogP contribution in [-0.4, -0.2) is 93.8 Å². The number of nitriles is 1. The van der Waals surface area contributed by atoms with E-state index in [2.05, 4.69) is 22.0 Å². The third-order valence-electron chi connectivity index (χ3n) is 10.7. The van der Waals surface area contributed by atoms with Gasteiger partial charge in [0, 0.05) is 19.9 Å². The van der Waals surface area contributed by atoms with Crippen LogP contribution in [0.25, 0.3) is 5.52 Å². The van der Waals surface area contributed by atoms with E-state index in [1.54, 1.807) is 19.1 Å². The summed E-state index contributed by atoms with van der Waals surface area (Å²) in [6.45, 7) is 2.99. The number of unbranched alkanes of at least 4 members (excludes halogenated alkanes) is 15. The van der Waals surface area contributed by atoms with Crippen molar-refractivity contribution in [1.82, 2.24) is 14.6 Å². The number of phosphoric ester groups is 1. The molecule has 328 valence electrons. The molecule has 3 aromatic rings. The summed E-state index contributed by atoms with van der Waals surface area (Å²) in [5.41, 5.74) is 5.57. The number of aliphatic hydroxyl groups excluding tert-OH is 2. The second kappa shape index (κ2) is 24.7. The quantitative estimate of drug-likeness (QED) is 0.0303. The molecule has 0 spiro atoms. The summed E-state index contributed by atoms with van der Waals surface area (Å²) < 4.78 is 57.8. The number of hydrogen-bond donors (Lipinski definition) is 4. The summed E-state index contributed by atoms with van der Waals surface area (Å²) in [5, 5.41) is 35.7. The zero-order valence-corrected chi connectivity index (χ0v) is 35.7. The molecule has 1 aliphatic heterocycles. The number of rotatable bonds is 29. The number of aliphatic hydroxyl groups is 2. The summed E-state index contributed by atoms with van der Waals surface area (Å²) in [5.74, 6) is -0.787. The largest absolute Gasteiger partial charge is 0.482 e. The summed E-state index contributed by atoms with van der Waals surface area (Å²) in [7, 11) is -3.39.